The Kier molecular flexibility index (Phi) is 9.82. The lowest BCUT2D eigenvalue weighted by atomic mass is 9.78. The van der Waals surface area contributed by atoms with Crippen molar-refractivity contribution in [2.24, 2.45) is 10.4 Å². The molecule has 2 rings (SSSR count). The van der Waals surface area contributed by atoms with Gasteiger partial charge in [0.2, 0.25) is 0 Å². The van der Waals surface area contributed by atoms with Crippen LogP contribution in [-0.2, 0) is 6.54 Å². The minimum absolute atomic E-state index is 0. The van der Waals surface area contributed by atoms with Crippen molar-refractivity contribution in [2.75, 3.05) is 26.7 Å². The number of hydrogen-bond acceptors (Lipinski definition) is 2. The summed E-state index contributed by atoms with van der Waals surface area (Å²) in [5.74, 6) is 2.18. The van der Waals surface area contributed by atoms with E-state index >= 15 is 0 Å². The van der Waals surface area contributed by atoms with Gasteiger partial charge in [0.25, 0.3) is 0 Å². The summed E-state index contributed by atoms with van der Waals surface area (Å²) in [4.78, 5) is 11.2. The number of aryl methyl sites for hydroxylation is 2. The number of imidazole rings is 1. The van der Waals surface area contributed by atoms with Crippen LogP contribution in [0, 0.1) is 12.3 Å². The number of unbranched alkanes of at least 4 members (excludes halogenated alkanes) is 1. The normalized spacial score (nSPS) is 21.1. The standard InChI is InChI=1S/C19H35N5.HI/c1-5-9-19(3)10-8-14-24(16-19)18(20-4)22-11-6-7-13-23-15-12-21-17(23)2;/h12,15H,5-11,13-14,16H2,1-4H3,(H,20,22);1H. The fourth-order valence-electron chi connectivity index (χ4n) is 3.88. The average molecular weight is 461 g/mol. The van der Waals surface area contributed by atoms with Crippen LogP contribution in [0.2, 0.25) is 0 Å². The summed E-state index contributed by atoms with van der Waals surface area (Å²) < 4.78 is 2.22. The summed E-state index contributed by atoms with van der Waals surface area (Å²) >= 11 is 0. The number of rotatable bonds is 7. The van der Waals surface area contributed by atoms with Gasteiger partial charge in [0.05, 0.1) is 0 Å². The van der Waals surface area contributed by atoms with Gasteiger partial charge in [-0.1, -0.05) is 20.3 Å². The maximum absolute atomic E-state index is 4.52. The molecule has 144 valence electrons. The van der Waals surface area contributed by atoms with Crippen LogP contribution in [0.3, 0.4) is 0 Å². The second-order valence-electron chi connectivity index (χ2n) is 7.43. The molecule has 0 bridgehead atoms. The Morgan fingerprint density at radius 3 is 2.84 bits per heavy atom. The van der Waals surface area contributed by atoms with E-state index in [2.05, 4.69) is 51.7 Å². The van der Waals surface area contributed by atoms with Crippen LogP contribution in [0.25, 0.3) is 0 Å². The molecule has 1 unspecified atom stereocenters. The van der Waals surface area contributed by atoms with Crippen molar-refractivity contribution < 1.29 is 0 Å². The first-order valence-corrected chi connectivity index (χ1v) is 9.51. The van der Waals surface area contributed by atoms with Crippen molar-refractivity contribution >= 4 is 29.9 Å². The molecular weight excluding hydrogens is 425 g/mol. The zero-order chi connectivity index (χ0) is 17.4. The maximum atomic E-state index is 4.52. The molecule has 1 aliphatic rings. The number of aliphatic imine (C=N–C) groups is 1. The van der Waals surface area contributed by atoms with Gasteiger partial charge in [0, 0.05) is 45.6 Å². The van der Waals surface area contributed by atoms with Crippen molar-refractivity contribution in [2.45, 2.75) is 65.8 Å². The van der Waals surface area contributed by atoms with E-state index in [0.29, 0.717) is 5.41 Å². The topological polar surface area (TPSA) is 45.5 Å². The Hall–Kier alpha value is -0.790. The SMILES string of the molecule is CCCC1(C)CCCN(C(=NC)NCCCCn2ccnc2C)C1.I. The summed E-state index contributed by atoms with van der Waals surface area (Å²) in [6.45, 7) is 11.1. The second-order valence-corrected chi connectivity index (χ2v) is 7.43. The minimum Gasteiger partial charge on any atom is -0.356 e. The number of piperidine rings is 1. The summed E-state index contributed by atoms with van der Waals surface area (Å²) in [6, 6.07) is 0. The molecule has 25 heavy (non-hydrogen) atoms. The van der Waals surface area contributed by atoms with E-state index < -0.39 is 0 Å². The van der Waals surface area contributed by atoms with Gasteiger partial charge in [-0.2, -0.15) is 0 Å². The molecule has 0 spiro atoms. The van der Waals surface area contributed by atoms with Crippen LogP contribution in [0.15, 0.2) is 17.4 Å². The number of nitrogens with zero attached hydrogens (tertiary/aromatic N) is 4. The molecule has 0 aliphatic carbocycles. The number of aromatic nitrogens is 2. The molecular formula is C19H36IN5. The molecule has 1 fully saturated rings. The van der Waals surface area contributed by atoms with Crippen LogP contribution in [0.4, 0.5) is 0 Å². The summed E-state index contributed by atoms with van der Waals surface area (Å²) in [6.07, 6.45) is 11.4. The first-order valence-electron chi connectivity index (χ1n) is 9.51. The van der Waals surface area contributed by atoms with Gasteiger partial charge in [0.15, 0.2) is 5.96 Å². The summed E-state index contributed by atoms with van der Waals surface area (Å²) in [5, 5.41) is 3.56. The van der Waals surface area contributed by atoms with Gasteiger partial charge < -0.3 is 14.8 Å². The molecule has 1 atom stereocenters. The van der Waals surface area contributed by atoms with Crippen molar-refractivity contribution in [1.82, 2.24) is 19.8 Å². The van der Waals surface area contributed by atoms with Gasteiger partial charge in [-0.05, 0) is 44.4 Å². The first kappa shape index (κ1) is 22.3. The Morgan fingerprint density at radius 1 is 1.40 bits per heavy atom. The van der Waals surface area contributed by atoms with Crippen LogP contribution >= 0.6 is 24.0 Å². The molecule has 1 aromatic heterocycles. The zero-order valence-electron chi connectivity index (χ0n) is 16.4. The van der Waals surface area contributed by atoms with Gasteiger partial charge in [-0.15, -0.1) is 24.0 Å². The van der Waals surface area contributed by atoms with E-state index in [1.165, 1.54) is 25.7 Å². The Balaban J connectivity index is 0.00000312. The average Bonchev–Trinajstić information content (AvgIpc) is 2.96. The molecule has 1 aromatic rings. The zero-order valence-corrected chi connectivity index (χ0v) is 18.8. The van der Waals surface area contributed by atoms with Crippen molar-refractivity contribution in [3.8, 4) is 0 Å². The van der Waals surface area contributed by atoms with E-state index in [9.17, 15) is 0 Å². The molecule has 1 N–H and O–H groups in total. The van der Waals surface area contributed by atoms with Crippen molar-refractivity contribution in [1.29, 1.82) is 0 Å². The van der Waals surface area contributed by atoms with E-state index in [0.717, 1.165) is 50.8 Å². The largest absolute Gasteiger partial charge is 0.356 e. The third-order valence-corrected chi connectivity index (χ3v) is 5.18. The predicted molar refractivity (Wildman–Crippen MR) is 117 cm³/mol. The third-order valence-electron chi connectivity index (χ3n) is 5.18. The Morgan fingerprint density at radius 2 is 2.20 bits per heavy atom. The van der Waals surface area contributed by atoms with Gasteiger partial charge in [0.1, 0.15) is 5.82 Å². The number of likely N-dealkylation sites (tertiary alicyclic amines) is 1. The molecule has 1 saturated heterocycles. The molecule has 1 aliphatic heterocycles. The van der Waals surface area contributed by atoms with Crippen molar-refractivity contribution in [3.63, 3.8) is 0 Å². The summed E-state index contributed by atoms with van der Waals surface area (Å²) in [7, 11) is 1.91. The van der Waals surface area contributed by atoms with Gasteiger partial charge in [-0.3, -0.25) is 4.99 Å². The number of halogens is 1. The first-order chi connectivity index (χ1) is 11.6. The van der Waals surface area contributed by atoms with Crippen LogP contribution in [0.1, 0.15) is 58.2 Å². The number of nitrogens with one attached hydrogen (secondary N) is 1. The van der Waals surface area contributed by atoms with E-state index in [4.69, 9.17) is 0 Å². The molecule has 6 heteroatoms. The fourth-order valence-corrected chi connectivity index (χ4v) is 3.88. The molecule has 5 nitrogen and oxygen atoms in total. The lowest BCUT2D eigenvalue weighted by Crippen LogP contribution is -2.50. The highest BCUT2D eigenvalue weighted by Crippen LogP contribution is 2.33. The Labute approximate surface area is 170 Å². The lowest BCUT2D eigenvalue weighted by molar-refractivity contribution is 0.142. The van der Waals surface area contributed by atoms with Crippen LogP contribution < -0.4 is 5.32 Å². The minimum atomic E-state index is 0. The molecule has 0 amide bonds. The number of hydrogen-bond donors (Lipinski definition) is 1. The quantitative estimate of drug-likeness (QED) is 0.288. The van der Waals surface area contributed by atoms with E-state index in [1.807, 2.05) is 13.2 Å². The van der Waals surface area contributed by atoms with Gasteiger partial charge >= 0.3 is 0 Å². The predicted octanol–water partition coefficient (Wildman–Crippen LogP) is 4.07. The fraction of sp³-hybridized carbons (Fsp3) is 0.789. The van der Waals surface area contributed by atoms with Gasteiger partial charge in [-0.25, -0.2) is 4.98 Å². The third kappa shape index (κ3) is 6.79. The van der Waals surface area contributed by atoms with E-state index in [-0.39, 0.29) is 24.0 Å². The highest BCUT2D eigenvalue weighted by molar-refractivity contribution is 14.0. The lowest BCUT2D eigenvalue weighted by Gasteiger charge is -2.42. The highest BCUT2D eigenvalue weighted by atomic mass is 127. The van der Waals surface area contributed by atoms with E-state index in [1.54, 1.807) is 0 Å². The molecule has 2 heterocycles. The highest BCUT2D eigenvalue weighted by Gasteiger charge is 2.31. The molecule has 0 saturated carbocycles. The van der Waals surface area contributed by atoms with Crippen LogP contribution in [0.5, 0.6) is 0 Å². The number of guanidine groups is 1. The summed E-state index contributed by atoms with van der Waals surface area (Å²) in [5.41, 5.74) is 0.448. The maximum Gasteiger partial charge on any atom is 0.193 e. The molecule has 0 aromatic carbocycles. The second kappa shape index (κ2) is 11.0. The van der Waals surface area contributed by atoms with Crippen LogP contribution in [-0.4, -0.2) is 47.1 Å². The monoisotopic (exact) mass is 461 g/mol. The van der Waals surface area contributed by atoms with Crippen molar-refractivity contribution in [3.05, 3.63) is 18.2 Å². The molecule has 0 radical (unpaired) electrons. The smallest absolute Gasteiger partial charge is 0.193 e. The Bertz CT molecular complexity index is 524.